The summed E-state index contributed by atoms with van der Waals surface area (Å²) in [5.74, 6) is 0.587. The lowest BCUT2D eigenvalue weighted by Gasteiger charge is -2.12. The Morgan fingerprint density at radius 1 is 0.667 bits per heavy atom. The zero-order valence-corrected chi connectivity index (χ0v) is 30.4. The summed E-state index contributed by atoms with van der Waals surface area (Å²) >= 11 is 9.12. The first-order valence-corrected chi connectivity index (χ1v) is 19.4. The minimum Gasteiger partial charge on any atom is -0.436 e. The van der Waals surface area contributed by atoms with Crippen molar-refractivity contribution in [2.75, 3.05) is 0 Å². The van der Waals surface area contributed by atoms with Crippen LogP contribution in [-0.2, 0) is 0 Å². The minimum atomic E-state index is 0.291. The first-order valence-electron chi connectivity index (χ1n) is 18.2. The van der Waals surface area contributed by atoms with Gasteiger partial charge >= 0.3 is 0 Å². The van der Waals surface area contributed by atoms with Gasteiger partial charge in [0.2, 0.25) is 5.71 Å². The van der Waals surface area contributed by atoms with Gasteiger partial charge in [-0.3, -0.25) is 4.57 Å². The molecule has 1 aliphatic carbocycles. The number of allylic oxidation sites excluding steroid dienone is 4. The second-order valence-corrected chi connectivity index (χ2v) is 15.6. The molecule has 11 aromatic rings. The molecule has 4 heterocycles. The van der Waals surface area contributed by atoms with Gasteiger partial charge in [-0.1, -0.05) is 127 Å². The maximum atomic E-state index is 7.28. The summed E-state index contributed by atoms with van der Waals surface area (Å²) in [7, 11) is 0. The highest BCUT2D eigenvalue weighted by molar-refractivity contribution is 7.27. The molecule has 0 N–H and O–H groups in total. The number of thiophene rings is 1. The highest BCUT2D eigenvalue weighted by Gasteiger charge is 2.26. The van der Waals surface area contributed by atoms with Gasteiger partial charge < -0.3 is 4.42 Å². The summed E-state index contributed by atoms with van der Waals surface area (Å²) in [6, 6.07) is 45.6. The van der Waals surface area contributed by atoms with Gasteiger partial charge in [0.25, 0.3) is 0 Å². The predicted octanol–water partition coefficient (Wildman–Crippen LogP) is 14.2. The first-order chi connectivity index (χ1) is 26.7. The van der Waals surface area contributed by atoms with Crippen LogP contribution >= 0.6 is 22.9 Å². The highest BCUT2D eigenvalue weighted by atomic mass is 35.5. The number of halogens is 1. The molecule has 12 rings (SSSR count). The molecule has 4 nitrogen and oxygen atoms in total. The number of para-hydroxylation sites is 1. The highest BCUT2D eigenvalue weighted by Crippen LogP contribution is 2.49. The van der Waals surface area contributed by atoms with Crippen molar-refractivity contribution < 1.29 is 4.42 Å². The monoisotopic (exact) mass is 729 g/mol. The van der Waals surface area contributed by atoms with Crippen LogP contribution in [0.2, 0.25) is 5.15 Å². The van der Waals surface area contributed by atoms with Crippen molar-refractivity contribution in [2.24, 2.45) is 0 Å². The van der Waals surface area contributed by atoms with Crippen molar-refractivity contribution in [1.29, 1.82) is 0 Å². The third-order valence-corrected chi connectivity index (χ3v) is 12.6. The van der Waals surface area contributed by atoms with E-state index in [1.807, 2.05) is 17.4 Å². The number of rotatable bonds is 3. The zero-order chi connectivity index (χ0) is 35.5. The van der Waals surface area contributed by atoms with Gasteiger partial charge in [-0.05, 0) is 81.4 Å². The Bertz CT molecular complexity index is 3460. The van der Waals surface area contributed by atoms with Crippen LogP contribution in [0.5, 0.6) is 0 Å². The van der Waals surface area contributed by atoms with Gasteiger partial charge in [0.1, 0.15) is 11.1 Å². The molecule has 54 heavy (non-hydrogen) atoms. The van der Waals surface area contributed by atoms with E-state index in [4.69, 9.17) is 26.0 Å². The zero-order valence-electron chi connectivity index (χ0n) is 28.8. The van der Waals surface area contributed by atoms with Gasteiger partial charge in [0, 0.05) is 37.2 Å². The second kappa shape index (κ2) is 11.4. The Morgan fingerprint density at radius 3 is 2.22 bits per heavy atom. The summed E-state index contributed by atoms with van der Waals surface area (Å²) < 4.78 is 11.3. The Hall–Kier alpha value is -6.27. The third kappa shape index (κ3) is 4.25. The Kier molecular flexibility index (Phi) is 6.36. The summed E-state index contributed by atoms with van der Waals surface area (Å²) in [6.45, 7) is 0. The fourth-order valence-corrected chi connectivity index (χ4v) is 10.2. The lowest BCUT2D eigenvalue weighted by atomic mass is 9.92. The predicted molar refractivity (Wildman–Crippen MR) is 228 cm³/mol. The lowest BCUT2D eigenvalue weighted by molar-refractivity contribution is 0.653. The molecule has 4 aromatic heterocycles. The van der Waals surface area contributed by atoms with Crippen LogP contribution in [0.15, 0.2) is 150 Å². The van der Waals surface area contributed by atoms with Crippen LogP contribution < -0.4 is 0 Å². The van der Waals surface area contributed by atoms with Crippen LogP contribution in [0.1, 0.15) is 18.4 Å². The summed E-state index contributed by atoms with van der Waals surface area (Å²) in [5.41, 5.74) is 8.54. The van der Waals surface area contributed by atoms with E-state index in [2.05, 4.69) is 144 Å². The van der Waals surface area contributed by atoms with Crippen LogP contribution in [0, 0.1) is 0 Å². The van der Waals surface area contributed by atoms with Crippen molar-refractivity contribution in [3.63, 3.8) is 0 Å². The van der Waals surface area contributed by atoms with Crippen LogP contribution in [0.3, 0.4) is 0 Å². The molecule has 0 bridgehead atoms. The molecule has 0 amide bonds. The number of hydrogen-bond donors (Lipinski definition) is 0. The van der Waals surface area contributed by atoms with E-state index in [1.165, 1.54) is 52.7 Å². The molecule has 0 radical (unpaired) electrons. The summed E-state index contributed by atoms with van der Waals surface area (Å²) in [5, 5.41) is 11.0. The molecule has 1 aliphatic rings. The van der Waals surface area contributed by atoms with Crippen molar-refractivity contribution >= 4 is 114 Å². The number of aromatic nitrogens is 3. The molecular weight excluding hydrogens is 702 g/mol. The average molecular weight is 730 g/mol. The largest absolute Gasteiger partial charge is 0.436 e. The number of fused-ring (bicyclic) bond motifs is 14. The lowest BCUT2D eigenvalue weighted by Crippen LogP contribution is -2.00. The van der Waals surface area contributed by atoms with Gasteiger partial charge in [-0.2, -0.15) is 4.98 Å². The SMILES string of the molecule is Clc1nc2oc3c(-c4ccccc4)cc(C4=CC=CCC4)cc3c2nc1-n1c2ccccc2c2c3ccccc3c3c4cc5ccccc5cc4sc3c21. The van der Waals surface area contributed by atoms with Crippen molar-refractivity contribution in [2.45, 2.75) is 12.8 Å². The molecule has 0 saturated heterocycles. The summed E-state index contributed by atoms with van der Waals surface area (Å²) in [4.78, 5) is 10.4. The van der Waals surface area contributed by atoms with E-state index in [0.717, 1.165) is 56.9 Å². The molecule has 0 fully saturated rings. The van der Waals surface area contributed by atoms with Gasteiger partial charge in [0.15, 0.2) is 11.0 Å². The van der Waals surface area contributed by atoms with E-state index in [9.17, 15) is 0 Å². The molecular formula is C48H28ClN3OS. The maximum Gasteiger partial charge on any atom is 0.247 e. The number of hydrogen-bond acceptors (Lipinski definition) is 4. The normalized spacial score (nSPS) is 13.5. The van der Waals surface area contributed by atoms with E-state index in [1.54, 1.807) is 0 Å². The molecule has 0 spiro atoms. The quantitative estimate of drug-likeness (QED) is 0.182. The van der Waals surface area contributed by atoms with Crippen molar-refractivity contribution in [1.82, 2.24) is 14.5 Å². The molecule has 7 aromatic carbocycles. The van der Waals surface area contributed by atoms with Gasteiger partial charge in [-0.25, -0.2) is 4.98 Å². The van der Waals surface area contributed by atoms with Crippen LogP contribution in [-0.4, -0.2) is 14.5 Å². The molecule has 0 saturated carbocycles. The van der Waals surface area contributed by atoms with Crippen LogP contribution in [0.4, 0.5) is 0 Å². The smallest absolute Gasteiger partial charge is 0.247 e. The average Bonchev–Trinajstić information content (AvgIpc) is 3.89. The topological polar surface area (TPSA) is 43.9 Å². The summed E-state index contributed by atoms with van der Waals surface area (Å²) in [6.07, 6.45) is 8.58. The molecule has 0 atom stereocenters. The molecule has 6 heteroatoms. The van der Waals surface area contributed by atoms with E-state index in [0.29, 0.717) is 22.2 Å². The van der Waals surface area contributed by atoms with E-state index in [-0.39, 0.29) is 0 Å². The second-order valence-electron chi connectivity index (χ2n) is 14.1. The Labute approximate surface area is 317 Å². The van der Waals surface area contributed by atoms with Gasteiger partial charge in [0.05, 0.1) is 15.7 Å². The fraction of sp³-hybridized carbons (Fsp3) is 0.0417. The number of nitrogens with zero attached hydrogens (tertiary/aromatic N) is 3. The molecule has 0 aliphatic heterocycles. The first kappa shape index (κ1) is 30.2. The number of furan rings is 1. The maximum absolute atomic E-state index is 7.28. The standard InChI is InChI=1S/C48H28ClN3OS/c49-46-47(50-42-37-25-31(27-13-3-1-4-14-27)24-35(28-15-5-2-6-16-28)44(37)53-48(42)51-46)52-38-22-12-11-21-34(38)40-32-19-9-10-20-33(32)41-36-23-29-17-7-8-18-30(29)26-39(36)54-45(41)43(40)52/h1-3,5-13,15-26H,4,14H2. The third-order valence-electron chi connectivity index (χ3n) is 11.1. The van der Waals surface area contributed by atoms with E-state index < -0.39 is 0 Å². The minimum absolute atomic E-state index is 0.291. The van der Waals surface area contributed by atoms with Crippen molar-refractivity contribution in [3.8, 4) is 16.9 Å². The number of benzene rings is 7. The van der Waals surface area contributed by atoms with Crippen molar-refractivity contribution in [3.05, 3.63) is 156 Å². The Balaban J connectivity index is 1.23. The fourth-order valence-electron chi connectivity index (χ4n) is 8.74. The Morgan fingerprint density at radius 2 is 1.41 bits per heavy atom. The molecule has 0 unspecified atom stereocenters. The molecule has 254 valence electrons. The van der Waals surface area contributed by atoms with E-state index >= 15 is 0 Å². The van der Waals surface area contributed by atoms with Crippen LogP contribution in [0.25, 0.3) is 108 Å². The van der Waals surface area contributed by atoms with Gasteiger partial charge in [-0.15, -0.1) is 11.3 Å².